The van der Waals surface area contributed by atoms with Crippen LogP contribution in [0.15, 0.2) is 46.4 Å². The third-order valence-electron chi connectivity index (χ3n) is 4.02. The number of phenols is 1. The monoisotopic (exact) mass is 446 g/mol. The lowest BCUT2D eigenvalue weighted by Crippen LogP contribution is -2.54. The van der Waals surface area contributed by atoms with Gasteiger partial charge in [-0.15, -0.1) is 0 Å². The number of halogens is 1. The molecule has 1 aliphatic rings. The summed E-state index contributed by atoms with van der Waals surface area (Å²) in [6.07, 6.45) is 1.43. The zero-order chi connectivity index (χ0) is 19.7. The lowest BCUT2D eigenvalue weighted by molar-refractivity contribution is -0.122. The van der Waals surface area contributed by atoms with Crippen molar-refractivity contribution in [3.8, 4) is 11.5 Å². The molecular formula is C19H15BrN2O4S. The van der Waals surface area contributed by atoms with E-state index in [2.05, 4.69) is 21.2 Å². The molecule has 8 heteroatoms. The van der Waals surface area contributed by atoms with Gasteiger partial charge >= 0.3 is 0 Å². The van der Waals surface area contributed by atoms with Crippen molar-refractivity contribution < 1.29 is 19.4 Å². The number of benzene rings is 2. The molecule has 0 aromatic heterocycles. The lowest BCUT2D eigenvalue weighted by atomic mass is 10.1. The average molecular weight is 447 g/mol. The molecule has 1 fully saturated rings. The van der Waals surface area contributed by atoms with E-state index in [0.29, 0.717) is 11.3 Å². The van der Waals surface area contributed by atoms with Crippen LogP contribution in [0.3, 0.4) is 0 Å². The smallest absolute Gasteiger partial charge is 0.270 e. The van der Waals surface area contributed by atoms with Gasteiger partial charge in [0.15, 0.2) is 16.6 Å². The molecule has 138 valence electrons. The highest BCUT2D eigenvalue weighted by molar-refractivity contribution is 9.10. The number of phenolic OH excluding ortho intramolecular Hbond substituents is 1. The topological polar surface area (TPSA) is 78.9 Å². The number of hydrogen-bond acceptors (Lipinski definition) is 5. The predicted octanol–water partition coefficient (Wildman–Crippen LogP) is 3.30. The molecule has 1 saturated heterocycles. The van der Waals surface area contributed by atoms with Crippen molar-refractivity contribution in [2.45, 2.75) is 6.92 Å². The zero-order valence-corrected chi connectivity index (χ0v) is 16.8. The molecule has 27 heavy (non-hydrogen) atoms. The first kappa shape index (κ1) is 19.1. The zero-order valence-electron chi connectivity index (χ0n) is 14.4. The van der Waals surface area contributed by atoms with E-state index >= 15 is 0 Å². The van der Waals surface area contributed by atoms with Crippen molar-refractivity contribution in [1.82, 2.24) is 5.32 Å². The van der Waals surface area contributed by atoms with Gasteiger partial charge in [0.1, 0.15) is 5.57 Å². The van der Waals surface area contributed by atoms with Gasteiger partial charge in [-0.3, -0.25) is 19.8 Å². The number of aromatic hydroxyl groups is 1. The number of aryl methyl sites for hydroxylation is 1. The molecule has 2 amide bonds. The summed E-state index contributed by atoms with van der Waals surface area (Å²) in [4.78, 5) is 26.7. The Hall–Kier alpha value is -2.71. The van der Waals surface area contributed by atoms with E-state index in [1.54, 1.807) is 18.2 Å². The summed E-state index contributed by atoms with van der Waals surface area (Å²) in [5.41, 5.74) is 1.87. The minimum Gasteiger partial charge on any atom is -0.504 e. The number of hydrogen-bond donors (Lipinski definition) is 2. The third-order valence-corrected chi connectivity index (χ3v) is 4.79. The van der Waals surface area contributed by atoms with Crippen LogP contribution in [0.1, 0.15) is 11.1 Å². The second-order valence-electron chi connectivity index (χ2n) is 5.82. The number of methoxy groups -OCH3 is 1. The number of nitrogens with one attached hydrogen (secondary N) is 1. The van der Waals surface area contributed by atoms with Crippen LogP contribution >= 0.6 is 28.1 Å². The summed E-state index contributed by atoms with van der Waals surface area (Å²) in [6.45, 7) is 1.85. The van der Waals surface area contributed by atoms with Gasteiger partial charge in [0.25, 0.3) is 11.8 Å². The van der Waals surface area contributed by atoms with E-state index in [1.165, 1.54) is 30.2 Å². The van der Waals surface area contributed by atoms with Crippen LogP contribution in [0.4, 0.5) is 5.69 Å². The van der Waals surface area contributed by atoms with Gasteiger partial charge in [0.05, 0.1) is 12.8 Å². The van der Waals surface area contributed by atoms with Crippen LogP contribution < -0.4 is 15.0 Å². The molecule has 6 nitrogen and oxygen atoms in total. The van der Waals surface area contributed by atoms with Gasteiger partial charge in [-0.1, -0.05) is 22.0 Å². The summed E-state index contributed by atoms with van der Waals surface area (Å²) >= 11 is 8.60. The van der Waals surface area contributed by atoms with Gasteiger partial charge in [-0.05, 0) is 66.7 Å². The molecule has 0 saturated carbocycles. The van der Waals surface area contributed by atoms with E-state index in [1.807, 2.05) is 13.0 Å². The normalized spacial score (nSPS) is 15.9. The Bertz CT molecular complexity index is 1000. The van der Waals surface area contributed by atoms with Gasteiger partial charge in [0, 0.05) is 4.47 Å². The molecule has 1 heterocycles. The van der Waals surface area contributed by atoms with Crippen LogP contribution in [0.25, 0.3) is 6.08 Å². The largest absolute Gasteiger partial charge is 0.504 e. The summed E-state index contributed by atoms with van der Waals surface area (Å²) in [5, 5.41) is 12.3. The van der Waals surface area contributed by atoms with E-state index in [9.17, 15) is 14.7 Å². The molecule has 3 rings (SSSR count). The van der Waals surface area contributed by atoms with E-state index < -0.39 is 11.8 Å². The second-order valence-corrected chi connectivity index (χ2v) is 7.12. The highest BCUT2D eigenvalue weighted by Crippen LogP contribution is 2.30. The number of rotatable bonds is 3. The molecule has 0 unspecified atom stereocenters. The molecule has 0 atom stereocenters. The van der Waals surface area contributed by atoms with Gasteiger partial charge in [-0.25, -0.2) is 0 Å². The van der Waals surface area contributed by atoms with Crippen molar-refractivity contribution in [2.75, 3.05) is 12.0 Å². The minimum atomic E-state index is -0.581. The van der Waals surface area contributed by atoms with Gasteiger partial charge < -0.3 is 9.84 Å². The van der Waals surface area contributed by atoms with Crippen molar-refractivity contribution in [2.24, 2.45) is 0 Å². The molecule has 2 aromatic rings. The van der Waals surface area contributed by atoms with Crippen LogP contribution in [-0.2, 0) is 9.59 Å². The van der Waals surface area contributed by atoms with Crippen molar-refractivity contribution >= 4 is 56.8 Å². The third kappa shape index (κ3) is 3.72. The average Bonchev–Trinajstić information content (AvgIpc) is 2.61. The Labute approximate surface area is 169 Å². The number of amides is 2. The lowest BCUT2D eigenvalue weighted by Gasteiger charge is -2.30. The highest BCUT2D eigenvalue weighted by Gasteiger charge is 2.35. The molecule has 0 aliphatic carbocycles. The fourth-order valence-electron chi connectivity index (χ4n) is 2.70. The van der Waals surface area contributed by atoms with E-state index in [4.69, 9.17) is 17.0 Å². The molecule has 2 aromatic carbocycles. The molecular weight excluding hydrogens is 432 g/mol. The first-order valence-corrected chi connectivity index (χ1v) is 9.06. The molecule has 2 N–H and O–H groups in total. The number of anilines is 1. The van der Waals surface area contributed by atoms with Crippen LogP contribution in [0.2, 0.25) is 0 Å². The molecule has 0 radical (unpaired) electrons. The van der Waals surface area contributed by atoms with E-state index in [0.717, 1.165) is 10.0 Å². The Balaban J connectivity index is 2.04. The van der Waals surface area contributed by atoms with Crippen LogP contribution in [-0.4, -0.2) is 29.1 Å². The van der Waals surface area contributed by atoms with E-state index in [-0.39, 0.29) is 22.2 Å². The number of carbonyl (C=O) groups is 2. The summed E-state index contributed by atoms with van der Waals surface area (Å²) in [5.74, 6) is -0.902. The van der Waals surface area contributed by atoms with Gasteiger partial charge in [-0.2, -0.15) is 0 Å². The summed E-state index contributed by atoms with van der Waals surface area (Å²) < 4.78 is 5.93. The molecule has 0 bridgehead atoms. The predicted molar refractivity (Wildman–Crippen MR) is 110 cm³/mol. The number of ether oxygens (including phenoxy) is 1. The Morgan fingerprint density at radius 3 is 2.63 bits per heavy atom. The number of thiocarbonyl (C=S) groups is 1. The SMILES string of the molecule is COc1cc(/C=C2\C(=O)NC(=S)N(c3ccc(Br)cc3C)C2=O)ccc1O. The maximum absolute atomic E-state index is 13.0. The first-order valence-electron chi connectivity index (χ1n) is 7.86. The second kappa shape index (κ2) is 7.50. The highest BCUT2D eigenvalue weighted by atomic mass is 79.9. The van der Waals surface area contributed by atoms with Gasteiger partial charge in [0.2, 0.25) is 0 Å². The Kier molecular flexibility index (Phi) is 5.29. The van der Waals surface area contributed by atoms with Crippen molar-refractivity contribution in [3.05, 3.63) is 57.6 Å². The van der Waals surface area contributed by atoms with Crippen molar-refractivity contribution in [1.29, 1.82) is 0 Å². The maximum Gasteiger partial charge on any atom is 0.270 e. The molecule has 0 spiro atoms. The van der Waals surface area contributed by atoms with Crippen LogP contribution in [0, 0.1) is 6.92 Å². The first-order chi connectivity index (χ1) is 12.8. The van der Waals surface area contributed by atoms with Crippen LogP contribution in [0.5, 0.6) is 11.5 Å². The quantitative estimate of drug-likeness (QED) is 0.429. The Morgan fingerprint density at radius 2 is 1.96 bits per heavy atom. The molecule has 1 aliphatic heterocycles. The Morgan fingerprint density at radius 1 is 1.22 bits per heavy atom. The maximum atomic E-state index is 13.0. The summed E-state index contributed by atoms with van der Waals surface area (Å²) in [7, 11) is 1.42. The fourth-order valence-corrected chi connectivity index (χ4v) is 3.45. The fraction of sp³-hybridized carbons (Fsp3) is 0.105. The summed E-state index contributed by atoms with van der Waals surface area (Å²) in [6, 6.07) is 9.94. The minimum absolute atomic E-state index is 0.0239. The number of carbonyl (C=O) groups excluding carboxylic acids is 2. The van der Waals surface area contributed by atoms with Crippen molar-refractivity contribution in [3.63, 3.8) is 0 Å². The number of nitrogens with zero attached hydrogens (tertiary/aromatic N) is 1. The standard InChI is InChI=1S/C19H15BrN2O4S/c1-10-7-12(20)4-5-14(10)22-18(25)13(17(24)21-19(22)27)8-11-3-6-15(23)16(9-11)26-2/h3-9,23H,1-2H3,(H,21,24,27)/b13-8+.